The van der Waals surface area contributed by atoms with Gasteiger partial charge in [-0.05, 0) is 38.7 Å². The van der Waals surface area contributed by atoms with Gasteiger partial charge in [0.15, 0.2) is 0 Å². The van der Waals surface area contributed by atoms with E-state index in [0.717, 1.165) is 36.9 Å². The number of halogens is 1. The highest BCUT2D eigenvalue weighted by atomic mass is 35.5. The molecule has 0 spiro atoms. The molecule has 0 aromatic carbocycles. The fourth-order valence-corrected chi connectivity index (χ4v) is 2.96. The summed E-state index contributed by atoms with van der Waals surface area (Å²) in [5.74, 6) is -0.292. The van der Waals surface area contributed by atoms with E-state index < -0.39 is 0 Å². The fourth-order valence-electron chi connectivity index (χ4n) is 2.73. The van der Waals surface area contributed by atoms with Crippen LogP contribution in [0.3, 0.4) is 0 Å². The van der Waals surface area contributed by atoms with Gasteiger partial charge in [0.25, 0.3) is 0 Å². The number of hydrogen-bond acceptors (Lipinski definition) is 3. The first-order valence-corrected chi connectivity index (χ1v) is 8.03. The molecule has 2 rings (SSSR count). The summed E-state index contributed by atoms with van der Waals surface area (Å²) in [4.78, 5) is 11.9. The third-order valence-electron chi connectivity index (χ3n) is 3.92. The Balaban J connectivity index is 1.92. The number of esters is 1. The van der Waals surface area contributed by atoms with E-state index in [1.54, 1.807) is 17.8 Å². The number of carbonyl (C=O) groups is 1. The molecule has 0 bridgehead atoms. The van der Waals surface area contributed by atoms with Crippen molar-refractivity contribution in [3.05, 3.63) is 22.5 Å². The van der Waals surface area contributed by atoms with Gasteiger partial charge in [-0.15, -0.1) is 0 Å². The van der Waals surface area contributed by atoms with Gasteiger partial charge in [0.1, 0.15) is 11.3 Å². The molecule has 1 saturated carbocycles. The van der Waals surface area contributed by atoms with Crippen LogP contribution in [0.5, 0.6) is 0 Å². The fraction of sp³-hybridized carbons (Fsp3) is 0.625. The molecule has 1 aliphatic carbocycles. The Bertz CT molecular complexity index is 515. The van der Waals surface area contributed by atoms with Crippen LogP contribution in [0, 0.1) is 6.92 Å². The Morgan fingerprint density at radius 1 is 1.29 bits per heavy atom. The second-order valence-corrected chi connectivity index (χ2v) is 6.01. The van der Waals surface area contributed by atoms with Gasteiger partial charge in [-0.1, -0.05) is 30.9 Å². The predicted molar refractivity (Wildman–Crippen MR) is 84.2 cm³/mol. The van der Waals surface area contributed by atoms with Gasteiger partial charge in [-0.3, -0.25) is 4.68 Å². The molecule has 0 aliphatic heterocycles. The molecule has 1 aromatic heterocycles. The third-order valence-corrected chi connectivity index (χ3v) is 4.37. The quantitative estimate of drug-likeness (QED) is 0.625. The molecule has 116 valence electrons. The molecule has 0 radical (unpaired) electrons. The van der Waals surface area contributed by atoms with Crippen LogP contribution in [0.15, 0.2) is 6.08 Å². The van der Waals surface area contributed by atoms with Crippen molar-refractivity contribution in [2.24, 2.45) is 7.05 Å². The Morgan fingerprint density at radius 3 is 2.48 bits per heavy atom. The summed E-state index contributed by atoms with van der Waals surface area (Å²) in [5.41, 5.74) is 1.58. The van der Waals surface area contributed by atoms with Crippen molar-refractivity contribution in [1.82, 2.24) is 9.78 Å². The Labute approximate surface area is 131 Å². The van der Waals surface area contributed by atoms with Crippen molar-refractivity contribution in [2.45, 2.75) is 58.0 Å². The summed E-state index contributed by atoms with van der Waals surface area (Å²) < 4.78 is 7.13. The molecule has 0 N–H and O–H groups in total. The van der Waals surface area contributed by atoms with E-state index in [0.29, 0.717) is 5.15 Å². The molecule has 0 saturated heterocycles. The normalized spacial score (nSPS) is 17.7. The molecule has 1 heterocycles. The van der Waals surface area contributed by atoms with Crippen LogP contribution in [0.2, 0.25) is 5.15 Å². The van der Waals surface area contributed by atoms with Gasteiger partial charge in [0.05, 0.1) is 5.69 Å². The van der Waals surface area contributed by atoms with Crippen LogP contribution in [-0.4, -0.2) is 21.9 Å². The Hall–Kier alpha value is -1.29. The molecule has 5 heteroatoms. The molecule has 0 unspecified atom stereocenters. The van der Waals surface area contributed by atoms with Crippen LogP contribution >= 0.6 is 11.6 Å². The van der Waals surface area contributed by atoms with Crippen molar-refractivity contribution >= 4 is 23.6 Å². The molecular weight excluding hydrogens is 288 g/mol. The van der Waals surface area contributed by atoms with Crippen molar-refractivity contribution in [1.29, 1.82) is 0 Å². The van der Waals surface area contributed by atoms with Crippen LogP contribution in [-0.2, 0) is 16.6 Å². The second kappa shape index (κ2) is 7.64. The lowest BCUT2D eigenvalue weighted by molar-refractivity contribution is -0.143. The summed E-state index contributed by atoms with van der Waals surface area (Å²) in [5, 5.41) is 4.74. The molecule has 0 amide bonds. The SMILES string of the molecule is Cc1nn(C)c(Cl)c1/C=C/C(=O)OC1CCCCCCC1. The number of ether oxygens (including phenoxy) is 1. The average molecular weight is 311 g/mol. The standard InChI is InChI=1S/C16H23ClN2O2/c1-12-14(16(17)19(2)18-12)10-11-15(20)21-13-8-6-4-3-5-7-9-13/h10-11,13H,3-9H2,1-2H3/b11-10+. The number of hydrogen-bond donors (Lipinski definition) is 0. The van der Waals surface area contributed by atoms with Crippen LogP contribution in [0.1, 0.15) is 56.2 Å². The largest absolute Gasteiger partial charge is 0.459 e. The summed E-state index contributed by atoms with van der Waals surface area (Å²) in [6.07, 6.45) is 11.3. The maximum absolute atomic E-state index is 11.9. The topological polar surface area (TPSA) is 44.1 Å². The molecule has 1 aromatic rings. The predicted octanol–water partition coefficient (Wildman–Crippen LogP) is 4.05. The Morgan fingerprint density at radius 2 is 1.90 bits per heavy atom. The third kappa shape index (κ3) is 4.60. The zero-order valence-corrected chi connectivity index (χ0v) is 13.5. The van der Waals surface area contributed by atoms with Crippen molar-refractivity contribution in [3.63, 3.8) is 0 Å². The second-order valence-electron chi connectivity index (χ2n) is 5.65. The summed E-state index contributed by atoms with van der Waals surface area (Å²) in [7, 11) is 1.78. The molecule has 4 nitrogen and oxygen atoms in total. The van der Waals surface area contributed by atoms with E-state index in [4.69, 9.17) is 16.3 Å². The van der Waals surface area contributed by atoms with Crippen molar-refractivity contribution in [3.8, 4) is 0 Å². The number of rotatable bonds is 3. The first-order valence-electron chi connectivity index (χ1n) is 7.65. The first-order chi connectivity index (χ1) is 10.1. The first kappa shape index (κ1) is 16.1. The van der Waals surface area contributed by atoms with Gasteiger partial charge in [-0.2, -0.15) is 5.10 Å². The maximum Gasteiger partial charge on any atom is 0.331 e. The number of carbonyl (C=O) groups excluding carboxylic acids is 1. The van der Waals surface area contributed by atoms with E-state index in [-0.39, 0.29) is 12.1 Å². The minimum atomic E-state index is -0.292. The van der Waals surface area contributed by atoms with Crippen LogP contribution < -0.4 is 0 Å². The Kier molecular flexibility index (Phi) is 5.85. The zero-order valence-electron chi connectivity index (χ0n) is 12.8. The summed E-state index contributed by atoms with van der Waals surface area (Å²) in [6.45, 7) is 1.87. The minimum absolute atomic E-state index is 0.0629. The van der Waals surface area contributed by atoms with Crippen LogP contribution in [0.25, 0.3) is 6.08 Å². The van der Waals surface area contributed by atoms with Crippen LogP contribution in [0.4, 0.5) is 0 Å². The average Bonchev–Trinajstić information content (AvgIpc) is 2.64. The van der Waals surface area contributed by atoms with Crippen molar-refractivity contribution < 1.29 is 9.53 Å². The molecule has 1 fully saturated rings. The zero-order chi connectivity index (χ0) is 15.2. The van der Waals surface area contributed by atoms with E-state index in [9.17, 15) is 4.79 Å². The van der Waals surface area contributed by atoms with Gasteiger partial charge in [0, 0.05) is 18.7 Å². The number of aromatic nitrogens is 2. The highest BCUT2D eigenvalue weighted by Gasteiger charge is 2.15. The smallest absolute Gasteiger partial charge is 0.331 e. The van der Waals surface area contributed by atoms with Gasteiger partial charge in [-0.25, -0.2) is 4.79 Å². The van der Waals surface area contributed by atoms with Gasteiger partial charge < -0.3 is 4.74 Å². The molecule has 0 atom stereocenters. The highest BCUT2D eigenvalue weighted by Crippen LogP contribution is 2.21. The van der Waals surface area contributed by atoms with E-state index in [1.165, 1.54) is 25.3 Å². The van der Waals surface area contributed by atoms with Crippen molar-refractivity contribution in [2.75, 3.05) is 0 Å². The summed E-state index contributed by atoms with van der Waals surface area (Å²) >= 11 is 6.13. The van der Waals surface area contributed by atoms with E-state index in [1.807, 2.05) is 6.92 Å². The molecular formula is C16H23ClN2O2. The number of aryl methyl sites for hydroxylation is 2. The minimum Gasteiger partial charge on any atom is -0.459 e. The molecule has 21 heavy (non-hydrogen) atoms. The van der Waals surface area contributed by atoms with E-state index in [2.05, 4.69) is 5.10 Å². The summed E-state index contributed by atoms with van der Waals surface area (Å²) in [6, 6.07) is 0. The number of nitrogens with zero attached hydrogens (tertiary/aromatic N) is 2. The van der Waals surface area contributed by atoms with Gasteiger partial charge in [0.2, 0.25) is 0 Å². The van der Waals surface area contributed by atoms with E-state index >= 15 is 0 Å². The molecule has 1 aliphatic rings. The lowest BCUT2D eigenvalue weighted by atomic mass is 9.99. The lowest BCUT2D eigenvalue weighted by Gasteiger charge is -2.19. The monoisotopic (exact) mass is 310 g/mol. The highest BCUT2D eigenvalue weighted by molar-refractivity contribution is 6.31. The maximum atomic E-state index is 11.9. The van der Waals surface area contributed by atoms with Gasteiger partial charge >= 0.3 is 5.97 Å². The lowest BCUT2D eigenvalue weighted by Crippen LogP contribution is -2.18.